The lowest BCUT2D eigenvalue weighted by Gasteiger charge is -2.26. The Labute approximate surface area is 136 Å². The second-order valence-electron chi connectivity index (χ2n) is 5.88. The van der Waals surface area contributed by atoms with E-state index >= 15 is 0 Å². The number of benzene rings is 1. The van der Waals surface area contributed by atoms with Crippen molar-refractivity contribution in [1.82, 2.24) is 10.2 Å². The van der Waals surface area contributed by atoms with Crippen LogP contribution in [0.15, 0.2) is 30.3 Å². The standard InChI is InChI=1S/C17H24N2O2S/c1-13(2)19(11-16(20)15-9-6-10-18-15)17(21)22-12-14-7-4-3-5-8-14/h3-5,7-8,13,15,18H,6,9-12H2,1-2H3/t15-/m0/s1. The van der Waals surface area contributed by atoms with E-state index in [1.807, 2.05) is 44.2 Å². The molecule has 1 aliphatic rings. The number of thioether (sulfide) groups is 1. The second-order valence-corrected chi connectivity index (χ2v) is 6.80. The quantitative estimate of drug-likeness (QED) is 0.875. The number of carbonyl (C=O) groups excluding carboxylic acids is 2. The summed E-state index contributed by atoms with van der Waals surface area (Å²) in [6.45, 7) is 5.01. The van der Waals surface area contributed by atoms with Crippen LogP contribution in [0.1, 0.15) is 32.3 Å². The molecule has 0 bridgehead atoms. The van der Waals surface area contributed by atoms with Crippen molar-refractivity contribution in [3.8, 4) is 0 Å². The Hall–Kier alpha value is -1.33. The highest BCUT2D eigenvalue weighted by molar-refractivity contribution is 8.12. The Morgan fingerprint density at radius 1 is 1.32 bits per heavy atom. The van der Waals surface area contributed by atoms with Crippen LogP contribution in [0.3, 0.4) is 0 Å². The largest absolute Gasteiger partial charge is 0.324 e. The van der Waals surface area contributed by atoms with Crippen LogP contribution in [-0.2, 0) is 10.5 Å². The third-order valence-corrected chi connectivity index (χ3v) is 4.80. The summed E-state index contributed by atoms with van der Waals surface area (Å²) in [6, 6.07) is 9.87. The summed E-state index contributed by atoms with van der Waals surface area (Å²) in [6.07, 6.45) is 1.92. The van der Waals surface area contributed by atoms with E-state index in [-0.39, 0.29) is 29.7 Å². The molecule has 1 heterocycles. The van der Waals surface area contributed by atoms with Gasteiger partial charge in [-0.05, 0) is 38.8 Å². The molecule has 1 N–H and O–H groups in total. The van der Waals surface area contributed by atoms with Crippen LogP contribution in [0.5, 0.6) is 0 Å². The number of hydrogen-bond donors (Lipinski definition) is 1. The maximum absolute atomic E-state index is 12.4. The predicted molar refractivity (Wildman–Crippen MR) is 91.0 cm³/mol. The zero-order valence-corrected chi connectivity index (χ0v) is 14.1. The lowest BCUT2D eigenvalue weighted by molar-refractivity contribution is -0.121. The number of nitrogens with one attached hydrogen (secondary N) is 1. The Morgan fingerprint density at radius 2 is 2.05 bits per heavy atom. The van der Waals surface area contributed by atoms with Gasteiger partial charge in [0, 0.05) is 11.8 Å². The topological polar surface area (TPSA) is 49.4 Å². The van der Waals surface area contributed by atoms with Crippen LogP contribution >= 0.6 is 11.8 Å². The molecule has 120 valence electrons. The molecule has 0 aliphatic carbocycles. The van der Waals surface area contributed by atoms with Gasteiger partial charge in [-0.15, -0.1) is 0 Å². The number of rotatable bonds is 6. The lowest BCUT2D eigenvalue weighted by atomic mass is 10.1. The summed E-state index contributed by atoms with van der Waals surface area (Å²) in [5.74, 6) is 0.763. The van der Waals surface area contributed by atoms with Gasteiger partial charge in [0.25, 0.3) is 5.24 Å². The molecule has 1 aromatic rings. The van der Waals surface area contributed by atoms with E-state index in [1.54, 1.807) is 4.90 Å². The number of hydrogen-bond acceptors (Lipinski definition) is 4. The van der Waals surface area contributed by atoms with Crippen molar-refractivity contribution >= 4 is 22.8 Å². The second kappa shape index (κ2) is 8.34. The van der Waals surface area contributed by atoms with Crippen molar-refractivity contribution in [3.05, 3.63) is 35.9 Å². The van der Waals surface area contributed by atoms with Gasteiger partial charge in [0.1, 0.15) is 0 Å². The van der Waals surface area contributed by atoms with Crippen molar-refractivity contribution in [3.63, 3.8) is 0 Å². The molecule has 1 aliphatic heterocycles. The van der Waals surface area contributed by atoms with Crippen LogP contribution < -0.4 is 5.32 Å². The maximum Gasteiger partial charge on any atom is 0.282 e. The lowest BCUT2D eigenvalue weighted by Crippen LogP contribution is -2.44. The van der Waals surface area contributed by atoms with E-state index in [4.69, 9.17) is 0 Å². The molecule has 22 heavy (non-hydrogen) atoms. The average Bonchev–Trinajstić information content (AvgIpc) is 3.05. The van der Waals surface area contributed by atoms with E-state index in [0.717, 1.165) is 24.9 Å². The van der Waals surface area contributed by atoms with Crippen LogP contribution in [0, 0.1) is 0 Å². The molecule has 1 amide bonds. The first-order valence-electron chi connectivity index (χ1n) is 7.81. The molecule has 1 atom stereocenters. The Morgan fingerprint density at radius 3 is 2.64 bits per heavy atom. The third kappa shape index (κ3) is 4.85. The summed E-state index contributed by atoms with van der Waals surface area (Å²) < 4.78 is 0. The molecule has 1 saturated heterocycles. The summed E-state index contributed by atoms with van der Waals surface area (Å²) in [7, 11) is 0. The van der Waals surface area contributed by atoms with E-state index in [9.17, 15) is 9.59 Å². The van der Waals surface area contributed by atoms with Crippen molar-refractivity contribution in [1.29, 1.82) is 0 Å². The summed E-state index contributed by atoms with van der Waals surface area (Å²) >= 11 is 1.26. The third-order valence-electron chi connectivity index (χ3n) is 3.84. The van der Waals surface area contributed by atoms with E-state index in [0.29, 0.717) is 5.75 Å². The summed E-state index contributed by atoms with van der Waals surface area (Å²) in [5, 5.41) is 3.18. The zero-order valence-electron chi connectivity index (χ0n) is 13.2. The molecule has 1 fully saturated rings. The number of Topliss-reactive ketones (excluding diaryl/α,β-unsaturated/α-hetero) is 1. The minimum absolute atomic E-state index is 0.0230. The van der Waals surface area contributed by atoms with Gasteiger partial charge in [-0.2, -0.15) is 0 Å². The molecule has 0 aromatic heterocycles. The Kier molecular flexibility index (Phi) is 6.46. The minimum Gasteiger partial charge on any atom is -0.324 e. The SMILES string of the molecule is CC(C)N(CC(=O)[C@@H]1CCCN1)C(=O)SCc1ccccc1. The highest BCUT2D eigenvalue weighted by atomic mass is 32.2. The average molecular weight is 320 g/mol. The van der Waals surface area contributed by atoms with Crippen molar-refractivity contribution in [2.75, 3.05) is 13.1 Å². The molecule has 0 saturated carbocycles. The molecule has 0 spiro atoms. The van der Waals surface area contributed by atoms with Crippen LogP contribution in [-0.4, -0.2) is 41.1 Å². The van der Waals surface area contributed by atoms with Crippen LogP contribution in [0.2, 0.25) is 0 Å². The molecular formula is C17H24N2O2S. The van der Waals surface area contributed by atoms with Crippen molar-refractivity contribution in [2.24, 2.45) is 0 Å². The molecule has 1 aromatic carbocycles. The van der Waals surface area contributed by atoms with Crippen molar-refractivity contribution < 1.29 is 9.59 Å². The van der Waals surface area contributed by atoms with Gasteiger partial charge in [-0.1, -0.05) is 42.1 Å². The van der Waals surface area contributed by atoms with Gasteiger partial charge in [0.2, 0.25) is 0 Å². The number of amides is 1. The maximum atomic E-state index is 12.4. The van der Waals surface area contributed by atoms with Crippen LogP contribution in [0.4, 0.5) is 4.79 Å². The zero-order chi connectivity index (χ0) is 15.9. The monoisotopic (exact) mass is 320 g/mol. The first-order valence-corrected chi connectivity index (χ1v) is 8.80. The van der Waals surface area contributed by atoms with E-state index in [1.165, 1.54) is 11.8 Å². The highest BCUT2D eigenvalue weighted by Gasteiger charge is 2.27. The van der Waals surface area contributed by atoms with E-state index in [2.05, 4.69) is 5.32 Å². The summed E-state index contributed by atoms with van der Waals surface area (Å²) in [5.41, 5.74) is 1.12. The first kappa shape index (κ1) is 17.0. The fourth-order valence-corrected chi connectivity index (χ4v) is 3.42. The Bertz CT molecular complexity index is 499. The molecule has 5 heteroatoms. The molecular weight excluding hydrogens is 296 g/mol. The fraction of sp³-hybridized carbons (Fsp3) is 0.529. The van der Waals surface area contributed by atoms with Gasteiger partial charge >= 0.3 is 0 Å². The molecule has 2 rings (SSSR count). The first-order chi connectivity index (χ1) is 10.6. The fourth-order valence-electron chi connectivity index (χ4n) is 2.50. The van der Waals surface area contributed by atoms with Gasteiger partial charge in [0.05, 0.1) is 12.6 Å². The number of nitrogens with zero attached hydrogens (tertiary/aromatic N) is 1. The van der Waals surface area contributed by atoms with E-state index < -0.39 is 0 Å². The normalized spacial score (nSPS) is 17.7. The number of carbonyl (C=O) groups is 2. The van der Waals surface area contributed by atoms with Gasteiger partial charge in [-0.3, -0.25) is 9.59 Å². The molecule has 0 radical (unpaired) electrons. The van der Waals surface area contributed by atoms with Gasteiger partial charge in [0.15, 0.2) is 5.78 Å². The van der Waals surface area contributed by atoms with Crippen molar-refractivity contribution in [2.45, 2.75) is 44.5 Å². The Balaban J connectivity index is 1.89. The number of ketones is 1. The summed E-state index contributed by atoms with van der Waals surface area (Å²) in [4.78, 5) is 26.4. The molecule has 0 unspecified atom stereocenters. The minimum atomic E-state index is -0.0758. The van der Waals surface area contributed by atoms with Gasteiger partial charge < -0.3 is 10.2 Å². The predicted octanol–water partition coefficient (Wildman–Crippen LogP) is 3.07. The highest BCUT2D eigenvalue weighted by Crippen LogP contribution is 2.18. The molecule has 4 nitrogen and oxygen atoms in total. The smallest absolute Gasteiger partial charge is 0.282 e. The van der Waals surface area contributed by atoms with Gasteiger partial charge in [-0.25, -0.2) is 0 Å². The van der Waals surface area contributed by atoms with Crippen LogP contribution in [0.25, 0.3) is 0 Å².